The van der Waals surface area contributed by atoms with Crippen LogP contribution in [0.5, 0.6) is 0 Å². The Labute approximate surface area is 187 Å². The van der Waals surface area contributed by atoms with Gasteiger partial charge in [-0.15, -0.1) is 11.3 Å². The van der Waals surface area contributed by atoms with Gasteiger partial charge >= 0.3 is 0 Å². The van der Waals surface area contributed by atoms with Gasteiger partial charge in [-0.05, 0) is 56.4 Å². The lowest BCUT2D eigenvalue weighted by molar-refractivity contribution is -0.503. The number of hydrogen-bond acceptors (Lipinski definition) is 6. The maximum Gasteiger partial charge on any atom is 0.246 e. The van der Waals surface area contributed by atoms with E-state index in [9.17, 15) is 9.90 Å². The van der Waals surface area contributed by atoms with E-state index in [-0.39, 0.29) is 12.0 Å². The summed E-state index contributed by atoms with van der Waals surface area (Å²) in [4.78, 5) is 17.4. The van der Waals surface area contributed by atoms with Crippen molar-refractivity contribution in [3.8, 4) is 0 Å². The molecule has 1 saturated heterocycles. The molecule has 2 aliphatic heterocycles. The van der Waals surface area contributed by atoms with Crippen molar-refractivity contribution in [1.29, 1.82) is 0 Å². The predicted molar refractivity (Wildman–Crippen MR) is 122 cm³/mol. The fourth-order valence-corrected chi connectivity index (χ4v) is 6.86. The molecule has 0 aromatic carbocycles. The number of fused-ring (bicyclic) bond motifs is 3. The van der Waals surface area contributed by atoms with Gasteiger partial charge in [0.25, 0.3) is 0 Å². The molecule has 1 saturated carbocycles. The molecule has 0 spiro atoms. The third-order valence-electron chi connectivity index (χ3n) is 7.22. The standard InChI is InChI=1S/C23H32N4O3S/c24-21(29)17(28)11-15-5-8-18-19(15)20-22(25-13-26-23(20)31-18)30-16-6-3-14(4-7-16)12-27-9-1-2-10-27/h12,14-17,28H,1-11,13H2,(H2-,24,25,26,29)/p+1. The van der Waals surface area contributed by atoms with Crippen LogP contribution in [0.15, 0.2) is 4.99 Å². The van der Waals surface area contributed by atoms with Crippen molar-refractivity contribution < 1.29 is 19.2 Å². The fraction of sp³-hybridized carbons (Fsp3) is 0.696. The summed E-state index contributed by atoms with van der Waals surface area (Å²) in [6.07, 6.45) is 11.0. The molecular weight excluding hydrogens is 412 g/mol. The first kappa shape index (κ1) is 20.9. The van der Waals surface area contributed by atoms with Crippen molar-refractivity contribution in [1.82, 2.24) is 0 Å². The zero-order chi connectivity index (χ0) is 21.4. The third kappa shape index (κ3) is 4.37. The number of aliphatic imine (C=N–C) groups is 1. The third-order valence-corrected chi connectivity index (χ3v) is 8.45. The molecule has 168 valence electrons. The minimum atomic E-state index is -1.11. The fourth-order valence-electron chi connectivity index (χ4n) is 5.58. The van der Waals surface area contributed by atoms with Gasteiger partial charge in [0.05, 0.1) is 5.56 Å². The van der Waals surface area contributed by atoms with Crippen molar-refractivity contribution in [2.45, 2.75) is 75.9 Å². The highest BCUT2D eigenvalue weighted by molar-refractivity contribution is 7.16. The number of rotatable bonds is 5. The van der Waals surface area contributed by atoms with Gasteiger partial charge in [-0.1, -0.05) is 0 Å². The molecule has 5 rings (SSSR count). The number of carbonyl (C=O) groups is 1. The molecule has 1 aromatic rings. The maximum absolute atomic E-state index is 11.4. The normalized spacial score (nSPS) is 28.4. The summed E-state index contributed by atoms with van der Waals surface area (Å²) in [5.74, 6) is 0.896. The second kappa shape index (κ2) is 8.90. The molecule has 2 unspecified atom stereocenters. The number of hydrogen-bond donors (Lipinski definition) is 3. The summed E-state index contributed by atoms with van der Waals surface area (Å²) in [5.41, 5.74) is 7.58. The average Bonchev–Trinajstić information content (AvgIpc) is 3.48. The molecular formula is C23H33N4O3S+. The number of nitrogens with two attached hydrogens (primary N) is 1. The van der Waals surface area contributed by atoms with Gasteiger partial charge in [0, 0.05) is 23.6 Å². The lowest BCUT2D eigenvalue weighted by Gasteiger charge is -2.28. The van der Waals surface area contributed by atoms with Crippen molar-refractivity contribution >= 4 is 34.4 Å². The van der Waals surface area contributed by atoms with E-state index in [0.29, 0.717) is 19.0 Å². The molecule has 2 fully saturated rings. The summed E-state index contributed by atoms with van der Waals surface area (Å²) in [7, 11) is 0. The lowest BCUT2D eigenvalue weighted by Crippen LogP contribution is -2.30. The van der Waals surface area contributed by atoms with Crippen LogP contribution in [0.4, 0.5) is 5.00 Å². The Morgan fingerprint density at radius 2 is 2.06 bits per heavy atom. The zero-order valence-corrected chi connectivity index (χ0v) is 18.8. The van der Waals surface area contributed by atoms with E-state index in [1.54, 1.807) is 11.3 Å². The highest BCUT2D eigenvalue weighted by Gasteiger charge is 2.37. The van der Waals surface area contributed by atoms with E-state index in [2.05, 4.69) is 21.1 Å². The molecule has 4 aliphatic rings. The average molecular weight is 446 g/mol. The van der Waals surface area contributed by atoms with Gasteiger partial charge in [0.15, 0.2) is 0 Å². The Kier molecular flexibility index (Phi) is 6.01. The summed E-state index contributed by atoms with van der Waals surface area (Å²) < 4.78 is 9.00. The second-order valence-corrected chi connectivity index (χ2v) is 10.5. The topological polar surface area (TPSA) is 100.0 Å². The highest BCUT2D eigenvalue weighted by atomic mass is 32.1. The Bertz CT molecular complexity index is 893. The van der Waals surface area contributed by atoms with Crippen molar-refractivity contribution in [2.24, 2.45) is 16.6 Å². The number of anilines is 1. The van der Waals surface area contributed by atoms with E-state index in [4.69, 9.17) is 10.5 Å². The number of aliphatic hydroxyl groups excluding tert-OH is 1. The lowest BCUT2D eigenvalue weighted by atomic mass is 9.88. The van der Waals surface area contributed by atoms with Crippen LogP contribution in [0.3, 0.4) is 0 Å². The van der Waals surface area contributed by atoms with Gasteiger partial charge in [-0.3, -0.25) is 4.79 Å². The van der Waals surface area contributed by atoms with Gasteiger partial charge in [0.1, 0.15) is 43.2 Å². The van der Waals surface area contributed by atoms with E-state index in [0.717, 1.165) is 42.1 Å². The number of carbonyl (C=O) groups excluding carboxylic acids is 1. The van der Waals surface area contributed by atoms with Crippen LogP contribution in [0, 0.1) is 5.92 Å². The van der Waals surface area contributed by atoms with E-state index < -0.39 is 12.0 Å². The van der Waals surface area contributed by atoms with E-state index >= 15 is 0 Å². The second-order valence-electron chi connectivity index (χ2n) is 9.38. The minimum absolute atomic E-state index is 0.122. The number of nitrogens with one attached hydrogen (secondary N) is 1. The summed E-state index contributed by atoms with van der Waals surface area (Å²) in [5, 5.41) is 14.6. The Morgan fingerprint density at radius 3 is 2.81 bits per heavy atom. The van der Waals surface area contributed by atoms with Crippen LogP contribution in [0.1, 0.15) is 73.3 Å². The van der Waals surface area contributed by atoms with Gasteiger partial charge in [-0.2, -0.15) is 0 Å². The monoisotopic (exact) mass is 445 g/mol. The molecule has 7 nitrogen and oxygen atoms in total. The van der Waals surface area contributed by atoms with E-state index in [1.165, 1.54) is 49.2 Å². The Balaban J connectivity index is 1.27. The number of amides is 1. The largest absolute Gasteiger partial charge is 0.474 e. The van der Waals surface area contributed by atoms with Crippen LogP contribution in [-0.2, 0) is 16.0 Å². The predicted octanol–water partition coefficient (Wildman–Crippen LogP) is 2.60. The molecule has 1 amide bonds. The number of aryl methyl sites for hydroxylation is 1. The molecule has 2 atom stereocenters. The molecule has 4 N–H and O–H groups in total. The first-order valence-electron chi connectivity index (χ1n) is 11.8. The molecule has 8 heteroatoms. The van der Waals surface area contributed by atoms with Crippen LogP contribution in [0.2, 0.25) is 0 Å². The van der Waals surface area contributed by atoms with Gasteiger partial charge in [-0.25, -0.2) is 9.57 Å². The van der Waals surface area contributed by atoms with Crippen LogP contribution < -0.4 is 11.1 Å². The maximum atomic E-state index is 11.4. The molecule has 1 aromatic heterocycles. The number of nitrogens with zero attached hydrogens (tertiary/aromatic N) is 2. The van der Waals surface area contributed by atoms with Crippen molar-refractivity contribution in [3.05, 3.63) is 16.0 Å². The first-order valence-corrected chi connectivity index (χ1v) is 12.6. The van der Waals surface area contributed by atoms with Crippen LogP contribution in [0.25, 0.3) is 0 Å². The Hall–Kier alpha value is -1.93. The SMILES string of the molecule is NC(=O)C(O)CC1CCc2sc3c(c21)C(OC1CCC(C=[N+]2CCCC2)CC1)=NCN3. The minimum Gasteiger partial charge on any atom is -0.474 e. The molecule has 2 aliphatic carbocycles. The van der Waals surface area contributed by atoms with Crippen LogP contribution >= 0.6 is 11.3 Å². The number of primary amides is 1. The zero-order valence-electron chi connectivity index (χ0n) is 18.0. The van der Waals surface area contributed by atoms with Crippen molar-refractivity contribution in [3.63, 3.8) is 0 Å². The van der Waals surface area contributed by atoms with Crippen molar-refractivity contribution in [2.75, 3.05) is 25.1 Å². The van der Waals surface area contributed by atoms with Crippen LogP contribution in [-0.4, -0.2) is 59.7 Å². The molecule has 0 radical (unpaired) electrons. The number of ether oxygens (including phenoxy) is 1. The number of aliphatic hydroxyl groups is 1. The number of thiophene rings is 1. The molecule has 3 heterocycles. The molecule has 0 bridgehead atoms. The summed E-state index contributed by atoms with van der Waals surface area (Å²) >= 11 is 1.77. The summed E-state index contributed by atoms with van der Waals surface area (Å²) in [6, 6.07) is 0. The Morgan fingerprint density at radius 1 is 1.29 bits per heavy atom. The highest BCUT2D eigenvalue weighted by Crippen LogP contribution is 2.48. The first-order chi connectivity index (χ1) is 15.1. The van der Waals surface area contributed by atoms with Gasteiger partial charge in [0.2, 0.25) is 11.8 Å². The summed E-state index contributed by atoms with van der Waals surface area (Å²) in [6.45, 7) is 2.98. The van der Waals surface area contributed by atoms with Gasteiger partial charge < -0.3 is 20.9 Å². The quantitative estimate of drug-likeness (QED) is 0.607. The van der Waals surface area contributed by atoms with E-state index in [1.807, 2.05) is 0 Å². The molecule has 31 heavy (non-hydrogen) atoms. The smallest absolute Gasteiger partial charge is 0.246 e.